The van der Waals surface area contributed by atoms with Gasteiger partial charge in [0.2, 0.25) is 10.0 Å². The molecule has 1 aliphatic carbocycles. The lowest BCUT2D eigenvalue weighted by molar-refractivity contribution is 0.372. The molecule has 0 spiro atoms. The lowest BCUT2D eigenvalue weighted by Gasteiger charge is -2.18. The van der Waals surface area contributed by atoms with Crippen molar-refractivity contribution in [2.75, 3.05) is 0 Å². The van der Waals surface area contributed by atoms with E-state index in [1.807, 2.05) is 6.07 Å². The van der Waals surface area contributed by atoms with Crippen LogP contribution in [-0.4, -0.2) is 14.5 Å². The van der Waals surface area contributed by atoms with Gasteiger partial charge in [-0.2, -0.15) is 5.26 Å². The number of hydrogen-bond acceptors (Lipinski definition) is 3. The number of nitrogens with one attached hydrogen (secondary N) is 1. The Labute approximate surface area is 114 Å². The quantitative estimate of drug-likeness (QED) is 0.923. The monoisotopic (exact) mass is 278 g/mol. The first-order valence-corrected chi connectivity index (χ1v) is 7.84. The van der Waals surface area contributed by atoms with Crippen molar-refractivity contribution in [3.8, 4) is 6.07 Å². The molecule has 5 heteroatoms. The van der Waals surface area contributed by atoms with Crippen molar-refractivity contribution in [3.05, 3.63) is 29.8 Å². The van der Waals surface area contributed by atoms with E-state index >= 15 is 0 Å². The summed E-state index contributed by atoms with van der Waals surface area (Å²) >= 11 is 0. The Morgan fingerprint density at radius 2 is 2.05 bits per heavy atom. The van der Waals surface area contributed by atoms with Crippen molar-refractivity contribution < 1.29 is 8.42 Å². The Morgan fingerprint density at radius 1 is 1.37 bits per heavy atom. The van der Waals surface area contributed by atoms with Gasteiger partial charge in [-0.1, -0.05) is 26.0 Å². The van der Waals surface area contributed by atoms with Gasteiger partial charge in [-0.05, 0) is 36.8 Å². The van der Waals surface area contributed by atoms with Crippen LogP contribution in [-0.2, 0) is 10.0 Å². The van der Waals surface area contributed by atoms with Crippen molar-refractivity contribution in [1.82, 2.24) is 4.72 Å². The third-order valence-electron chi connectivity index (χ3n) is 3.59. The van der Waals surface area contributed by atoms with Crippen LogP contribution in [0.15, 0.2) is 29.2 Å². The second kappa shape index (κ2) is 4.95. The van der Waals surface area contributed by atoms with E-state index in [1.165, 1.54) is 12.1 Å². The Balaban J connectivity index is 2.22. The first-order valence-electron chi connectivity index (χ1n) is 6.35. The van der Waals surface area contributed by atoms with Crippen LogP contribution >= 0.6 is 0 Å². The zero-order chi connectivity index (χ0) is 14.1. The molecule has 102 valence electrons. The van der Waals surface area contributed by atoms with Crippen molar-refractivity contribution in [3.63, 3.8) is 0 Å². The van der Waals surface area contributed by atoms with Crippen LogP contribution in [0.3, 0.4) is 0 Å². The smallest absolute Gasteiger partial charge is 0.208 e. The van der Waals surface area contributed by atoms with E-state index in [-0.39, 0.29) is 21.9 Å². The fraction of sp³-hybridized carbons (Fsp3) is 0.500. The molecule has 1 fully saturated rings. The molecule has 2 rings (SSSR count). The van der Waals surface area contributed by atoms with E-state index < -0.39 is 10.0 Å². The Hall–Kier alpha value is -1.38. The van der Waals surface area contributed by atoms with Gasteiger partial charge >= 0.3 is 0 Å². The molecule has 1 N–H and O–H groups in total. The Kier molecular flexibility index (Phi) is 3.66. The highest BCUT2D eigenvalue weighted by Gasteiger charge is 2.33. The molecule has 0 amide bonds. The first kappa shape index (κ1) is 14.0. The van der Waals surface area contributed by atoms with E-state index in [0.29, 0.717) is 0 Å². The molecule has 0 saturated heterocycles. The van der Waals surface area contributed by atoms with E-state index in [2.05, 4.69) is 18.6 Å². The zero-order valence-electron chi connectivity index (χ0n) is 11.2. The second-order valence-corrected chi connectivity index (χ2v) is 7.52. The van der Waals surface area contributed by atoms with Gasteiger partial charge < -0.3 is 0 Å². The number of nitriles is 1. The van der Waals surface area contributed by atoms with Gasteiger partial charge in [-0.3, -0.25) is 0 Å². The predicted molar refractivity (Wildman–Crippen MR) is 72.9 cm³/mol. The van der Waals surface area contributed by atoms with Crippen molar-refractivity contribution in [2.45, 2.75) is 44.0 Å². The summed E-state index contributed by atoms with van der Waals surface area (Å²) in [5.74, 6) is 0. The molecule has 19 heavy (non-hydrogen) atoms. The van der Waals surface area contributed by atoms with Gasteiger partial charge in [0, 0.05) is 6.04 Å². The third-order valence-corrected chi connectivity index (χ3v) is 5.17. The van der Waals surface area contributed by atoms with E-state index in [4.69, 9.17) is 5.26 Å². The Morgan fingerprint density at radius 3 is 2.63 bits per heavy atom. The lowest BCUT2D eigenvalue weighted by Crippen LogP contribution is -2.33. The van der Waals surface area contributed by atoms with Crippen molar-refractivity contribution in [1.29, 1.82) is 5.26 Å². The molecule has 1 saturated carbocycles. The fourth-order valence-corrected chi connectivity index (χ4v) is 4.04. The van der Waals surface area contributed by atoms with Crippen molar-refractivity contribution >= 4 is 10.0 Å². The van der Waals surface area contributed by atoms with Gasteiger partial charge in [-0.15, -0.1) is 0 Å². The molecule has 4 nitrogen and oxygen atoms in total. The van der Waals surface area contributed by atoms with E-state index in [9.17, 15) is 8.42 Å². The topological polar surface area (TPSA) is 70.0 Å². The molecule has 1 aromatic rings. The molecule has 0 radical (unpaired) electrons. The number of benzene rings is 1. The summed E-state index contributed by atoms with van der Waals surface area (Å²) in [6, 6.07) is 8.18. The number of sulfonamides is 1. The van der Waals surface area contributed by atoms with Crippen LogP contribution in [0.1, 0.15) is 38.7 Å². The lowest BCUT2D eigenvalue weighted by atomic mass is 9.92. The molecule has 0 aliphatic heterocycles. The van der Waals surface area contributed by atoms with Gasteiger partial charge in [0.25, 0.3) is 0 Å². The standard InChI is InChI=1S/C14H18N2O2S/c1-14(2)8-7-12(9-14)16-19(17,18)13-6-4-3-5-11(13)10-15/h3-6,12,16H,7-9H2,1-2H3. The summed E-state index contributed by atoms with van der Waals surface area (Å²) in [4.78, 5) is 0.0715. The number of rotatable bonds is 3. The molecular weight excluding hydrogens is 260 g/mol. The summed E-state index contributed by atoms with van der Waals surface area (Å²) in [5.41, 5.74) is 0.370. The van der Waals surface area contributed by atoms with Gasteiger partial charge in [0.05, 0.1) is 10.5 Å². The second-order valence-electron chi connectivity index (χ2n) is 5.83. The highest BCUT2D eigenvalue weighted by Crippen LogP contribution is 2.37. The number of hydrogen-bond donors (Lipinski definition) is 1. The SMILES string of the molecule is CC1(C)CCC(NS(=O)(=O)c2ccccc2C#N)C1. The van der Waals surface area contributed by atoms with Crippen LogP contribution in [0.4, 0.5) is 0 Å². The maximum Gasteiger partial charge on any atom is 0.242 e. The summed E-state index contributed by atoms with van der Waals surface area (Å²) in [7, 11) is -3.61. The van der Waals surface area contributed by atoms with Crippen LogP contribution in [0.25, 0.3) is 0 Å². The minimum atomic E-state index is -3.61. The molecule has 0 heterocycles. The zero-order valence-corrected chi connectivity index (χ0v) is 12.0. The molecule has 1 aliphatic rings. The van der Waals surface area contributed by atoms with Gasteiger partial charge in [-0.25, -0.2) is 13.1 Å². The maximum absolute atomic E-state index is 12.3. The molecule has 1 atom stereocenters. The molecule has 0 aromatic heterocycles. The minimum Gasteiger partial charge on any atom is -0.208 e. The summed E-state index contributed by atoms with van der Waals surface area (Å²) < 4.78 is 27.4. The van der Waals surface area contributed by atoms with Crippen LogP contribution < -0.4 is 4.72 Å². The van der Waals surface area contributed by atoms with Gasteiger partial charge in [0.15, 0.2) is 0 Å². The first-order chi connectivity index (χ1) is 8.84. The minimum absolute atomic E-state index is 0.0354. The largest absolute Gasteiger partial charge is 0.242 e. The van der Waals surface area contributed by atoms with E-state index in [1.54, 1.807) is 12.1 Å². The average molecular weight is 278 g/mol. The highest BCUT2D eigenvalue weighted by atomic mass is 32.2. The molecular formula is C14H18N2O2S. The fourth-order valence-electron chi connectivity index (χ4n) is 2.61. The molecule has 1 aromatic carbocycles. The highest BCUT2D eigenvalue weighted by molar-refractivity contribution is 7.89. The van der Waals surface area contributed by atoms with Crippen LogP contribution in [0, 0.1) is 16.7 Å². The molecule has 1 unspecified atom stereocenters. The third kappa shape index (κ3) is 3.14. The predicted octanol–water partition coefficient (Wildman–Crippen LogP) is 2.42. The average Bonchev–Trinajstić information content (AvgIpc) is 2.67. The van der Waals surface area contributed by atoms with Crippen LogP contribution in [0.2, 0.25) is 0 Å². The summed E-state index contributed by atoms with van der Waals surface area (Å²) in [6.07, 6.45) is 2.70. The van der Waals surface area contributed by atoms with Crippen molar-refractivity contribution in [2.24, 2.45) is 5.41 Å². The van der Waals surface area contributed by atoms with Gasteiger partial charge in [0.1, 0.15) is 6.07 Å². The number of nitrogens with zero attached hydrogens (tertiary/aromatic N) is 1. The van der Waals surface area contributed by atoms with E-state index in [0.717, 1.165) is 19.3 Å². The maximum atomic E-state index is 12.3. The summed E-state index contributed by atoms with van der Waals surface area (Å²) in [5, 5.41) is 8.98. The Bertz CT molecular complexity index is 615. The van der Waals surface area contributed by atoms with Crippen LogP contribution in [0.5, 0.6) is 0 Å². The summed E-state index contributed by atoms with van der Waals surface area (Å²) in [6.45, 7) is 4.29. The normalized spacial score (nSPS) is 22.1. The molecule has 0 bridgehead atoms.